The smallest absolute Gasteiger partial charge is 0.358 e. The molecule has 2 heterocycles. The maximum Gasteiger partial charge on any atom is 0.358 e. The number of carbonyl (C=O) groups is 1. The van der Waals surface area contributed by atoms with E-state index in [0.29, 0.717) is 6.54 Å². The fourth-order valence-electron chi connectivity index (χ4n) is 2.27. The van der Waals surface area contributed by atoms with E-state index in [1.165, 1.54) is 6.42 Å². The van der Waals surface area contributed by atoms with Crippen molar-refractivity contribution < 1.29 is 18.7 Å². The first-order chi connectivity index (χ1) is 9.09. The lowest BCUT2D eigenvalue weighted by atomic mass is 10.1. The third-order valence-electron chi connectivity index (χ3n) is 3.26. The monoisotopic (exact) mass is 274 g/mol. The number of rotatable bonds is 5. The average molecular weight is 274 g/mol. The Morgan fingerprint density at radius 2 is 1.95 bits per heavy atom. The van der Waals surface area contributed by atoms with Crippen LogP contribution >= 0.6 is 0 Å². The molecular formula is C11H16F2N4O2. The Hall–Kier alpha value is -1.57. The van der Waals surface area contributed by atoms with Crippen LogP contribution in [-0.2, 0) is 6.54 Å². The Labute approximate surface area is 109 Å². The number of hydrogen-bond acceptors (Lipinski definition) is 4. The number of carboxylic acids is 1. The molecule has 0 saturated carbocycles. The molecule has 0 aromatic carbocycles. The van der Waals surface area contributed by atoms with E-state index in [1.807, 2.05) is 0 Å². The Morgan fingerprint density at radius 1 is 1.26 bits per heavy atom. The van der Waals surface area contributed by atoms with Crippen LogP contribution < -0.4 is 0 Å². The Kier molecular flexibility index (Phi) is 4.41. The van der Waals surface area contributed by atoms with Gasteiger partial charge in [0, 0.05) is 6.54 Å². The number of nitrogens with zero attached hydrogens (tertiary/aromatic N) is 4. The summed E-state index contributed by atoms with van der Waals surface area (Å²) in [7, 11) is 0. The molecule has 19 heavy (non-hydrogen) atoms. The molecule has 6 nitrogen and oxygen atoms in total. The van der Waals surface area contributed by atoms with Gasteiger partial charge < -0.3 is 10.0 Å². The first kappa shape index (κ1) is 13.9. The number of likely N-dealkylation sites (tertiary alicyclic amines) is 1. The number of halogens is 2. The van der Waals surface area contributed by atoms with Crippen molar-refractivity contribution in [1.29, 1.82) is 0 Å². The van der Waals surface area contributed by atoms with E-state index in [0.717, 1.165) is 30.6 Å². The minimum absolute atomic E-state index is 0.236. The summed E-state index contributed by atoms with van der Waals surface area (Å²) in [6.45, 7) is 2.72. The third kappa shape index (κ3) is 3.25. The van der Waals surface area contributed by atoms with Crippen molar-refractivity contribution in [2.45, 2.75) is 32.2 Å². The van der Waals surface area contributed by atoms with Crippen molar-refractivity contribution in [2.24, 2.45) is 0 Å². The standard InChI is InChI=1S/C11H16F2N4O2/c12-10(13)9-8(11(18)19)14-15-17(9)7-6-16-4-2-1-3-5-16/h10H,1-7H2,(H,18,19). The zero-order valence-electron chi connectivity index (χ0n) is 10.4. The van der Waals surface area contributed by atoms with E-state index in [4.69, 9.17) is 5.11 Å². The SMILES string of the molecule is O=C(O)c1nnn(CCN2CCCCC2)c1C(F)F. The molecule has 0 radical (unpaired) electrons. The molecule has 2 rings (SSSR count). The van der Waals surface area contributed by atoms with E-state index in [2.05, 4.69) is 15.2 Å². The van der Waals surface area contributed by atoms with Gasteiger partial charge in [0.15, 0.2) is 5.69 Å². The molecule has 0 aliphatic carbocycles. The quantitative estimate of drug-likeness (QED) is 0.878. The van der Waals surface area contributed by atoms with Crippen LogP contribution in [0, 0.1) is 0 Å². The van der Waals surface area contributed by atoms with E-state index in [-0.39, 0.29) is 6.54 Å². The lowest BCUT2D eigenvalue weighted by molar-refractivity contribution is 0.0675. The predicted molar refractivity (Wildman–Crippen MR) is 62.2 cm³/mol. The maximum absolute atomic E-state index is 12.9. The van der Waals surface area contributed by atoms with Gasteiger partial charge in [-0.15, -0.1) is 5.10 Å². The molecule has 0 amide bonds. The molecule has 8 heteroatoms. The van der Waals surface area contributed by atoms with Gasteiger partial charge in [-0.05, 0) is 25.9 Å². The van der Waals surface area contributed by atoms with Crippen LogP contribution in [0.2, 0.25) is 0 Å². The van der Waals surface area contributed by atoms with Crippen molar-refractivity contribution >= 4 is 5.97 Å². The van der Waals surface area contributed by atoms with Gasteiger partial charge in [0.1, 0.15) is 5.69 Å². The van der Waals surface area contributed by atoms with Gasteiger partial charge in [0.2, 0.25) is 0 Å². The zero-order valence-corrected chi connectivity index (χ0v) is 10.4. The van der Waals surface area contributed by atoms with Crippen molar-refractivity contribution in [3.05, 3.63) is 11.4 Å². The van der Waals surface area contributed by atoms with Gasteiger partial charge in [0.05, 0.1) is 6.54 Å². The van der Waals surface area contributed by atoms with E-state index < -0.39 is 23.8 Å². The predicted octanol–water partition coefficient (Wildman–Crippen LogP) is 1.40. The van der Waals surface area contributed by atoms with Gasteiger partial charge in [0.25, 0.3) is 6.43 Å². The summed E-state index contributed by atoms with van der Waals surface area (Å²) < 4.78 is 26.7. The molecule has 106 valence electrons. The van der Waals surface area contributed by atoms with Crippen LogP contribution in [-0.4, -0.2) is 50.6 Å². The molecule has 1 saturated heterocycles. The summed E-state index contributed by atoms with van der Waals surface area (Å²) in [6.07, 6.45) is 0.534. The van der Waals surface area contributed by atoms with Crippen molar-refractivity contribution in [2.75, 3.05) is 19.6 Å². The van der Waals surface area contributed by atoms with Gasteiger partial charge in [-0.3, -0.25) is 0 Å². The van der Waals surface area contributed by atoms with Crippen LogP contribution in [0.25, 0.3) is 0 Å². The summed E-state index contributed by atoms with van der Waals surface area (Å²) in [5, 5.41) is 15.6. The van der Waals surface area contributed by atoms with Crippen LogP contribution in [0.1, 0.15) is 41.9 Å². The zero-order chi connectivity index (χ0) is 13.8. The Morgan fingerprint density at radius 3 is 2.53 bits per heavy atom. The summed E-state index contributed by atoms with van der Waals surface area (Å²) in [4.78, 5) is 13.0. The second kappa shape index (κ2) is 6.05. The number of hydrogen-bond donors (Lipinski definition) is 1. The molecule has 0 spiro atoms. The molecule has 1 N–H and O–H groups in total. The highest BCUT2D eigenvalue weighted by Gasteiger charge is 2.26. The molecule has 1 aliphatic rings. The van der Waals surface area contributed by atoms with E-state index in [9.17, 15) is 13.6 Å². The molecule has 1 fully saturated rings. The summed E-state index contributed by atoms with van der Waals surface area (Å²) in [5.41, 5.74) is -1.27. The highest BCUT2D eigenvalue weighted by atomic mass is 19.3. The fourth-order valence-corrected chi connectivity index (χ4v) is 2.27. The largest absolute Gasteiger partial charge is 0.476 e. The van der Waals surface area contributed by atoms with Crippen LogP contribution in [0.5, 0.6) is 0 Å². The number of aromatic nitrogens is 3. The molecular weight excluding hydrogens is 258 g/mol. The lowest BCUT2D eigenvalue weighted by Crippen LogP contribution is -2.33. The number of aromatic carboxylic acids is 1. The number of piperidine rings is 1. The average Bonchev–Trinajstić information content (AvgIpc) is 2.81. The number of alkyl halides is 2. The highest BCUT2D eigenvalue weighted by molar-refractivity contribution is 5.86. The molecule has 1 aromatic heterocycles. The second-order valence-corrected chi connectivity index (χ2v) is 4.55. The van der Waals surface area contributed by atoms with Crippen molar-refractivity contribution in [3.8, 4) is 0 Å². The van der Waals surface area contributed by atoms with E-state index in [1.54, 1.807) is 0 Å². The summed E-state index contributed by atoms with van der Waals surface area (Å²) in [6, 6.07) is 0. The molecule has 1 aromatic rings. The van der Waals surface area contributed by atoms with Gasteiger partial charge >= 0.3 is 5.97 Å². The summed E-state index contributed by atoms with van der Waals surface area (Å²) >= 11 is 0. The Bertz CT molecular complexity index is 444. The first-order valence-electron chi connectivity index (χ1n) is 6.26. The normalized spacial score (nSPS) is 17.0. The number of carboxylic acid groups (broad SMARTS) is 1. The highest BCUT2D eigenvalue weighted by Crippen LogP contribution is 2.21. The lowest BCUT2D eigenvalue weighted by Gasteiger charge is -2.26. The molecule has 0 atom stereocenters. The first-order valence-corrected chi connectivity index (χ1v) is 6.26. The molecule has 0 unspecified atom stereocenters. The minimum Gasteiger partial charge on any atom is -0.476 e. The van der Waals surface area contributed by atoms with Gasteiger partial charge in [-0.2, -0.15) is 0 Å². The van der Waals surface area contributed by atoms with Crippen LogP contribution in [0.3, 0.4) is 0 Å². The topological polar surface area (TPSA) is 71.2 Å². The van der Waals surface area contributed by atoms with E-state index >= 15 is 0 Å². The van der Waals surface area contributed by atoms with Gasteiger partial charge in [-0.1, -0.05) is 11.6 Å². The fraction of sp³-hybridized carbons (Fsp3) is 0.727. The summed E-state index contributed by atoms with van der Waals surface area (Å²) in [5.74, 6) is -1.47. The maximum atomic E-state index is 12.9. The van der Waals surface area contributed by atoms with Crippen molar-refractivity contribution in [1.82, 2.24) is 19.9 Å². The Balaban J connectivity index is 2.05. The van der Waals surface area contributed by atoms with Crippen LogP contribution in [0.15, 0.2) is 0 Å². The van der Waals surface area contributed by atoms with Gasteiger partial charge in [-0.25, -0.2) is 18.3 Å². The van der Waals surface area contributed by atoms with Crippen molar-refractivity contribution in [3.63, 3.8) is 0 Å². The molecule has 1 aliphatic heterocycles. The molecule has 0 bridgehead atoms. The third-order valence-corrected chi connectivity index (χ3v) is 3.26. The second-order valence-electron chi connectivity index (χ2n) is 4.55. The van der Waals surface area contributed by atoms with Crippen LogP contribution in [0.4, 0.5) is 8.78 Å². The minimum atomic E-state index is -2.89.